The van der Waals surface area contributed by atoms with E-state index in [1.165, 1.54) is 19.3 Å². The maximum absolute atomic E-state index is 11.6. The number of fused-ring (bicyclic) bond motifs is 1. The number of hydrogen-bond donors (Lipinski definition) is 1. The van der Waals surface area contributed by atoms with E-state index in [0.29, 0.717) is 18.4 Å². The Bertz CT molecular complexity index is 255. The molecule has 2 fully saturated rings. The molecule has 0 bridgehead atoms. The van der Waals surface area contributed by atoms with Crippen molar-refractivity contribution in [1.82, 2.24) is 10.2 Å². The van der Waals surface area contributed by atoms with Crippen LogP contribution in [0.25, 0.3) is 0 Å². The second-order valence-corrected chi connectivity index (χ2v) is 4.69. The normalized spacial score (nSPS) is 37.3. The fourth-order valence-corrected chi connectivity index (χ4v) is 2.85. The van der Waals surface area contributed by atoms with Gasteiger partial charge in [-0.05, 0) is 19.8 Å². The third-order valence-corrected chi connectivity index (χ3v) is 3.60. The Morgan fingerprint density at radius 2 is 2.07 bits per heavy atom. The van der Waals surface area contributed by atoms with Crippen molar-refractivity contribution in [2.45, 2.75) is 31.9 Å². The summed E-state index contributed by atoms with van der Waals surface area (Å²) in [6, 6.07) is -0.0437. The minimum atomic E-state index is -0.325. The van der Waals surface area contributed by atoms with Crippen molar-refractivity contribution < 1.29 is 9.53 Å². The maximum atomic E-state index is 11.6. The zero-order chi connectivity index (χ0) is 11.1. The van der Waals surface area contributed by atoms with Gasteiger partial charge in [0.25, 0.3) is 0 Å². The van der Waals surface area contributed by atoms with Crippen molar-refractivity contribution in [1.29, 1.82) is 0 Å². The summed E-state index contributed by atoms with van der Waals surface area (Å²) in [7, 11) is 3.51. The highest BCUT2D eigenvalue weighted by atomic mass is 16.5. The van der Waals surface area contributed by atoms with Crippen LogP contribution in [0.4, 0.5) is 4.79 Å². The number of amides is 2. The minimum absolute atomic E-state index is 0.0437. The van der Waals surface area contributed by atoms with Gasteiger partial charge in [0.2, 0.25) is 0 Å². The first-order valence-corrected chi connectivity index (χ1v) is 5.75. The van der Waals surface area contributed by atoms with E-state index >= 15 is 0 Å². The van der Waals surface area contributed by atoms with Crippen LogP contribution in [0.3, 0.4) is 0 Å². The molecule has 15 heavy (non-hydrogen) atoms. The Hall–Kier alpha value is -0.770. The van der Waals surface area contributed by atoms with Crippen molar-refractivity contribution in [3.63, 3.8) is 0 Å². The Morgan fingerprint density at radius 1 is 1.47 bits per heavy atom. The molecule has 4 heteroatoms. The van der Waals surface area contributed by atoms with Gasteiger partial charge in [-0.25, -0.2) is 4.79 Å². The number of carbonyl (C=O) groups excluding carboxylic acids is 1. The summed E-state index contributed by atoms with van der Waals surface area (Å²) in [5.74, 6) is 1.11. The number of hydrogen-bond acceptors (Lipinski definition) is 2. The smallest absolute Gasteiger partial charge is 0.319 e. The first-order chi connectivity index (χ1) is 7.12. The number of carbonyl (C=O) groups is 1. The fraction of sp³-hybridized carbons (Fsp3) is 0.909. The van der Waals surface area contributed by atoms with Crippen LogP contribution in [0.5, 0.6) is 0 Å². The third kappa shape index (κ3) is 1.61. The SMILES string of the molecule is CCOC1(NC(=O)N(C)C)[C@@H]2CCC[C@H]21. The largest absolute Gasteiger partial charge is 0.355 e. The molecule has 86 valence electrons. The lowest BCUT2D eigenvalue weighted by molar-refractivity contribution is -0.00675. The molecule has 0 heterocycles. The first-order valence-electron chi connectivity index (χ1n) is 5.75. The summed E-state index contributed by atoms with van der Waals surface area (Å²) >= 11 is 0. The summed E-state index contributed by atoms with van der Waals surface area (Å²) < 4.78 is 5.77. The van der Waals surface area contributed by atoms with E-state index in [1.807, 2.05) is 6.92 Å². The molecule has 2 amide bonds. The molecule has 0 aromatic heterocycles. The van der Waals surface area contributed by atoms with E-state index in [0.717, 1.165) is 0 Å². The van der Waals surface area contributed by atoms with Crippen molar-refractivity contribution in [2.24, 2.45) is 11.8 Å². The quantitative estimate of drug-likeness (QED) is 0.719. The average Bonchev–Trinajstić information content (AvgIpc) is 2.62. The number of urea groups is 1. The Morgan fingerprint density at radius 3 is 2.53 bits per heavy atom. The van der Waals surface area contributed by atoms with Crippen LogP contribution in [0.1, 0.15) is 26.2 Å². The molecule has 0 radical (unpaired) electrons. The highest BCUT2D eigenvalue weighted by Crippen LogP contribution is 2.61. The summed E-state index contributed by atoms with van der Waals surface area (Å²) in [6.07, 6.45) is 3.67. The Kier molecular flexibility index (Phi) is 2.63. The molecule has 0 aliphatic heterocycles. The van der Waals surface area contributed by atoms with Gasteiger partial charge in [-0.1, -0.05) is 6.42 Å². The van der Waals surface area contributed by atoms with Gasteiger partial charge in [-0.2, -0.15) is 0 Å². The van der Waals surface area contributed by atoms with E-state index in [2.05, 4.69) is 5.32 Å². The zero-order valence-electron chi connectivity index (χ0n) is 9.75. The molecule has 0 aromatic carbocycles. The zero-order valence-corrected chi connectivity index (χ0v) is 9.75. The summed E-state index contributed by atoms with van der Waals surface area (Å²) in [6.45, 7) is 2.65. The molecule has 0 aromatic rings. The lowest BCUT2D eigenvalue weighted by Crippen LogP contribution is -2.47. The molecule has 0 spiro atoms. The number of nitrogens with one attached hydrogen (secondary N) is 1. The van der Waals surface area contributed by atoms with Gasteiger partial charge in [0.15, 0.2) is 0 Å². The van der Waals surface area contributed by atoms with Crippen molar-refractivity contribution in [3.05, 3.63) is 0 Å². The topological polar surface area (TPSA) is 41.6 Å². The van der Waals surface area contributed by atoms with Crippen LogP contribution in [-0.4, -0.2) is 37.4 Å². The molecular formula is C11H20N2O2. The number of rotatable bonds is 3. The van der Waals surface area contributed by atoms with Crippen molar-refractivity contribution in [2.75, 3.05) is 20.7 Å². The van der Waals surface area contributed by atoms with Crippen LogP contribution in [0.2, 0.25) is 0 Å². The van der Waals surface area contributed by atoms with Gasteiger partial charge >= 0.3 is 6.03 Å². The van der Waals surface area contributed by atoms with Crippen LogP contribution in [0, 0.1) is 11.8 Å². The second-order valence-electron chi connectivity index (χ2n) is 4.69. The third-order valence-electron chi connectivity index (χ3n) is 3.60. The number of nitrogens with zero attached hydrogens (tertiary/aromatic N) is 1. The lowest BCUT2D eigenvalue weighted by Gasteiger charge is -2.24. The molecule has 0 saturated heterocycles. The van der Waals surface area contributed by atoms with Gasteiger partial charge in [0.1, 0.15) is 5.72 Å². The summed E-state index contributed by atoms with van der Waals surface area (Å²) in [5, 5.41) is 3.03. The molecule has 2 atom stereocenters. The lowest BCUT2D eigenvalue weighted by atomic mass is 10.2. The Labute approximate surface area is 91.0 Å². The number of ether oxygens (including phenoxy) is 1. The average molecular weight is 212 g/mol. The highest BCUT2D eigenvalue weighted by Gasteiger charge is 2.68. The van der Waals surface area contributed by atoms with Crippen molar-refractivity contribution in [3.8, 4) is 0 Å². The molecule has 4 nitrogen and oxygen atoms in total. The van der Waals surface area contributed by atoms with Crippen molar-refractivity contribution >= 4 is 6.03 Å². The predicted octanol–water partition coefficient (Wildman–Crippen LogP) is 1.42. The molecule has 2 aliphatic rings. The molecule has 0 unspecified atom stereocenters. The van der Waals surface area contributed by atoms with Gasteiger partial charge in [-0.15, -0.1) is 0 Å². The molecule has 2 saturated carbocycles. The van der Waals surface area contributed by atoms with Gasteiger partial charge in [0, 0.05) is 32.5 Å². The Balaban J connectivity index is 2.00. The standard InChI is InChI=1S/C11H20N2O2/c1-4-15-11(12-10(14)13(2)3)8-6-5-7-9(8)11/h8-9H,4-7H2,1-3H3,(H,12,14)/t8-,9-/m1/s1. The second kappa shape index (κ2) is 3.67. The fourth-order valence-electron chi connectivity index (χ4n) is 2.85. The van der Waals surface area contributed by atoms with Crippen LogP contribution in [0.15, 0.2) is 0 Å². The summed E-state index contributed by atoms with van der Waals surface area (Å²) in [5.41, 5.74) is -0.325. The molecule has 2 aliphatic carbocycles. The summed E-state index contributed by atoms with van der Waals surface area (Å²) in [4.78, 5) is 13.2. The molecular weight excluding hydrogens is 192 g/mol. The monoisotopic (exact) mass is 212 g/mol. The van der Waals surface area contributed by atoms with E-state index in [-0.39, 0.29) is 11.8 Å². The van der Waals surface area contributed by atoms with Crippen LogP contribution >= 0.6 is 0 Å². The van der Waals surface area contributed by atoms with E-state index < -0.39 is 0 Å². The van der Waals surface area contributed by atoms with E-state index in [4.69, 9.17) is 4.74 Å². The van der Waals surface area contributed by atoms with Crippen LogP contribution in [-0.2, 0) is 4.74 Å². The van der Waals surface area contributed by atoms with Crippen LogP contribution < -0.4 is 5.32 Å². The first kappa shape index (κ1) is 10.7. The van der Waals surface area contributed by atoms with E-state index in [1.54, 1.807) is 19.0 Å². The van der Waals surface area contributed by atoms with Gasteiger partial charge < -0.3 is 15.0 Å². The maximum Gasteiger partial charge on any atom is 0.319 e. The molecule has 1 N–H and O–H groups in total. The predicted molar refractivity (Wildman–Crippen MR) is 57.4 cm³/mol. The highest BCUT2D eigenvalue weighted by molar-refractivity contribution is 5.75. The molecule has 2 rings (SSSR count). The van der Waals surface area contributed by atoms with E-state index in [9.17, 15) is 4.79 Å². The van der Waals surface area contributed by atoms with Gasteiger partial charge in [-0.3, -0.25) is 0 Å². The van der Waals surface area contributed by atoms with Gasteiger partial charge in [0.05, 0.1) is 0 Å². The minimum Gasteiger partial charge on any atom is -0.355 e.